The highest BCUT2D eigenvalue weighted by Gasteiger charge is 2.44. The van der Waals surface area contributed by atoms with Gasteiger partial charge in [0, 0.05) is 13.5 Å². The highest BCUT2D eigenvalue weighted by atomic mass is 16.5. The first-order valence-electron chi connectivity index (χ1n) is 4.43. The summed E-state index contributed by atoms with van der Waals surface area (Å²) in [5, 5.41) is 10.1. The van der Waals surface area contributed by atoms with Crippen LogP contribution in [-0.4, -0.2) is 36.6 Å². The van der Waals surface area contributed by atoms with Crippen molar-refractivity contribution in [2.45, 2.75) is 31.5 Å². The van der Waals surface area contributed by atoms with E-state index in [4.69, 9.17) is 9.47 Å². The van der Waals surface area contributed by atoms with Gasteiger partial charge in [-0.15, -0.1) is 0 Å². The summed E-state index contributed by atoms with van der Waals surface area (Å²) >= 11 is 0. The lowest BCUT2D eigenvalue weighted by Crippen LogP contribution is -2.34. The zero-order chi connectivity index (χ0) is 10.1. The molecule has 1 aliphatic rings. The van der Waals surface area contributed by atoms with E-state index < -0.39 is 5.60 Å². The highest BCUT2D eigenvalue weighted by Crippen LogP contribution is 2.36. The first kappa shape index (κ1) is 10.7. The molecule has 1 heterocycles. The molecule has 1 saturated heterocycles. The Balaban J connectivity index is 2.64. The van der Waals surface area contributed by atoms with E-state index in [1.165, 1.54) is 0 Å². The third-order valence-corrected chi connectivity index (χ3v) is 2.40. The van der Waals surface area contributed by atoms with Gasteiger partial charge < -0.3 is 14.6 Å². The number of hydrogen-bond acceptors (Lipinski definition) is 3. The second-order valence-electron chi connectivity index (χ2n) is 4.29. The Morgan fingerprint density at radius 2 is 2.23 bits per heavy atom. The summed E-state index contributed by atoms with van der Waals surface area (Å²) in [6.07, 6.45) is 0.586. The molecule has 0 aliphatic carbocycles. The Kier molecular flexibility index (Phi) is 2.80. The van der Waals surface area contributed by atoms with E-state index in [-0.39, 0.29) is 5.60 Å². The molecule has 0 radical (unpaired) electrons. The molecule has 1 N–H and O–H groups in total. The predicted octanol–water partition coefficient (Wildman–Crippen LogP) is 1.12. The van der Waals surface area contributed by atoms with Crippen molar-refractivity contribution in [3.8, 4) is 0 Å². The summed E-state index contributed by atoms with van der Waals surface area (Å²) in [7, 11) is 1.59. The summed E-state index contributed by atoms with van der Waals surface area (Å²) < 4.78 is 10.4. The molecule has 3 nitrogen and oxygen atoms in total. The van der Waals surface area contributed by atoms with Crippen molar-refractivity contribution in [2.24, 2.45) is 0 Å². The van der Waals surface area contributed by atoms with Gasteiger partial charge >= 0.3 is 0 Å². The molecule has 1 unspecified atom stereocenters. The zero-order valence-corrected chi connectivity index (χ0v) is 8.59. The fraction of sp³-hybridized carbons (Fsp3) is 0.800. The molecule has 76 valence electrons. The van der Waals surface area contributed by atoms with Gasteiger partial charge in [-0.1, -0.05) is 6.58 Å². The van der Waals surface area contributed by atoms with Gasteiger partial charge in [-0.05, 0) is 19.4 Å². The van der Waals surface area contributed by atoms with Crippen molar-refractivity contribution in [2.75, 3.05) is 20.3 Å². The third kappa shape index (κ3) is 2.30. The maximum atomic E-state index is 10.1. The van der Waals surface area contributed by atoms with Gasteiger partial charge in [0.05, 0.1) is 18.8 Å². The SMILES string of the molecule is C=C(COC)C1(O)COC(C)(C)C1. The van der Waals surface area contributed by atoms with E-state index in [0.29, 0.717) is 25.2 Å². The van der Waals surface area contributed by atoms with Crippen LogP contribution in [-0.2, 0) is 9.47 Å². The van der Waals surface area contributed by atoms with Gasteiger partial charge in [0.15, 0.2) is 0 Å². The fourth-order valence-electron chi connectivity index (χ4n) is 1.66. The molecular formula is C10H18O3. The lowest BCUT2D eigenvalue weighted by atomic mass is 9.88. The van der Waals surface area contributed by atoms with Crippen molar-refractivity contribution in [1.29, 1.82) is 0 Å². The number of rotatable bonds is 3. The molecule has 0 aromatic heterocycles. The number of ether oxygens (including phenoxy) is 2. The van der Waals surface area contributed by atoms with Crippen LogP contribution < -0.4 is 0 Å². The monoisotopic (exact) mass is 186 g/mol. The van der Waals surface area contributed by atoms with Gasteiger partial charge in [-0.3, -0.25) is 0 Å². The minimum absolute atomic E-state index is 0.259. The summed E-state index contributed by atoms with van der Waals surface area (Å²) in [6.45, 7) is 8.44. The molecule has 0 spiro atoms. The standard InChI is InChI=1S/C10H18O3/c1-8(5-12-4)10(11)6-9(2,3)13-7-10/h11H,1,5-7H2,2-4H3. The molecule has 0 saturated carbocycles. The van der Waals surface area contributed by atoms with Gasteiger partial charge in [-0.25, -0.2) is 0 Å². The minimum atomic E-state index is -0.903. The van der Waals surface area contributed by atoms with E-state index in [9.17, 15) is 5.11 Å². The molecule has 1 rings (SSSR count). The third-order valence-electron chi connectivity index (χ3n) is 2.40. The predicted molar refractivity (Wildman–Crippen MR) is 50.6 cm³/mol. The van der Waals surface area contributed by atoms with Gasteiger partial charge in [0.1, 0.15) is 5.60 Å². The largest absolute Gasteiger partial charge is 0.383 e. The second kappa shape index (κ2) is 3.40. The molecule has 0 amide bonds. The summed E-state index contributed by atoms with van der Waals surface area (Å²) in [6, 6.07) is 0. The average Bonchev–Trinajstić information content (AvgIpc) is 2.28. The van der Waals surface area contributed by atoms with Gasteiger partial charge in [-0.2, -0.15) is 0 Å². The Hall–Kier alpha value is -0.380. The maximum Gasteiger partial charge on any atom is 0.114 e. The Labute approximate surface area is 79.3 Å². The van der Waals surface area contributed by atoms with Crippen LogP contribution in [0.3, 0.4) is 0 Å². The molecule has 13 heavy (non-hydrogen) atoms. The lowest BCUT2D eigenvalue weighted by Gasteiger charge is -2.24. The molecule has 1 aliphatic heterocycles. The Bertz CT molecular complexity index is 210. The fourth-order valence-corrected chi connectivity index (χ4v) is 1.66. The Morgan fingerprint density at radius 3 is 2.62 bits per heavy atom. The Morgan fingerprint density at radius 1 is 1.62 bits per heavy atom. The minimum Gasteiger partial charge on any atom is -0.383 e. The number of aliphatic hydroxyl groups is 1. The molecule has 0 aromatic carbocycles. The highest BCUT2D eigenvalue weighted by molar-refractivity contribution is 5.17. The zero-order valence-electron chi connectivity index (χ0n) is 8.59. The van der Waals surface area contributed by atoms with E-state index in [1.54, 1.807) is 7.11 Å². The lowest BCUT2D eigenvalue weighted by molar-refractivity contribution is 0.0149. The summed E-state index contributed by atoms with van der Waals surface area (Å²) in [5.74, 6) is 0. The summed E-state index contributed by atoms with van der Waals surface area (Å²) in [5.41, 5.74) is -0.467. The van der Waals surface area contributed by atoms with Crippen LogP contribution in [0.2, 0.25) is 0 Å². The molecule has 0 aromatic rings. The smallest absolute Gasteiger partial charge is 0.114 e. The van der Waals surface area contributed by atoms with Crippen molar-refractivity contribution >= 4 is 0 Å². The maximum absolute atomic E-state index is 10.1. The van der Waals surface area contributed by atoms with E-state index >= 15 is 0 Å². The van der Waals surface area contributed by atoms with Crippen LogP contribution in [0.4, 0.5) is 0 Å². The topological polar surface area (TPSA) is 38.7 Å². The summed E-state index contributed by atoms with van der Waals surface area (Å²) in [4.78, 5) is 0. The second-order valence-corrected chi connectivity index (χ2v) is 4.29. The van der Waals surface area contributed by atoms with Crippen LogP contribution in [0.15, 0.2) is 12.2 Å². The van der Waals surface area contributed by atoms with Crippen LogP contribution in [0.25, 0.3) is 0 Å². The molecule has 0 bridgehead atoms. The van der Waals surface area contributed by atoms with Crippen LogP contribution in [0.1, 0.15) is 20.3 Å². The number of hydrogen-bond donors (Lipinski definition) is 1. The normalized spacial score (nSPS) is 32.0. The van der Waals surface area contributed by atoms with E-state index in [0.717, 1.165) is 0 Å². The number of methoxy groups -OCH3 is 1. The molecular weight excluding hydrogens is 168 g/mol. The van der Waals surface area contributed by atoms with Crippen molar-refractivity contribution in [3.05, 3.63) is 12.2 Å². The average molecular weight is 186 g/mol. The van der Waals surface area contributed by atoms with Crippen molar-refractivity contribution in [1.82, 2.24) is 0 Å². The van der Waals surface area contributed by atoms with Gasteiger partial charge in [0.25, 0.3) is 0 Å². The van der Waals surface area contributed by atoms with Crippen molar-refractivity contribution in [3.63, 3.8) is 0 Å². The van der Waals surface area contributed by atoms with Crippen molar-refractivity contribution < 1.29 is 14.6 Å². The molecule has 1 atom stereocenters. The van der Waals surface area contributed by atoms with E-state index in [2.05, 4.69) is 6.58 Å². The van der Waals surface area contributed by atoms with Crippen LogP contribution >= 0.6 is 0 Å². The molecule has 1 fully saturated rings. The molecule has 3 heteroatoms. The first-order valence-corrected chi connectivity index (χ1v) is 4.43. The van der Waals surface area contributed by atoms with Crippen LogP contribution in [0.5, 0.6) is 0 Å². The quantitative estimate of drug-likeness (QED) is 0.671. The van der Waals surface area contributed by atoms with E-state index in [1.807, 2.05) is 13.8 Å². The van der Waals surface area contributed by atoms with Gasteiger partial charge in [0.2, 0.25) is 0 Å². The first-order chi connectivity index (χ1) is 5.90. The van der Waals surface area contributed by atoms with Crippen LogP contribution in [0, 0.1) is 0 Å².